The van der Waals surface area contributed by atoms with Crippen LogP contribution in [0.4, 0.5) is 18.0 Å². The number of amides is 2. The zero-order valence-electron chi connectivity index (χ0n) is 22.2. The number of carbonyl (C=O) groups is 1. The van der Waals surface area contributed by atoms with E-state index in [0.29, 0.717) is 52.5 Å². The SMILES string of the molecule is O=C(N[C@H]1CC2=C(c3ccn(C(F)F)n3)[C@H](c3ccc(F)cc3Cl)N=C(c3nccs3)N2C1)N1C2CC[C@H]1C[C@@H](O)C2. The van der Waals surface area contributed by atoms with Gasteiger partial charge in [0.1, 0.15) is 11.9 Å². The van der Waals surface area contributed by atoms with Crippen molar-refractivity contribution in [3.63, 3.8) is 0 Å². The molecule has 4 aliphatic heterocycles. The van der Waals surface area contributed by atoms with Gasteiger partial charge in [0, 0.05) is 64.7 Å². The molecule has 1 aromatic carbocycles. The topological polar surface area (TPSA) is 98.9 Å². The zero-order valence-corrected chi connectivity index (χ0v) is 23.8. The van der Waals surface area contributed by atoms with Gasteiger partial charge in [-0.2, -0.15) is 13.9 Å². The van der Waals surface area contributed by atoms with Crippen LogP contribution in [0.5, 0.6) is 0 Å². The van der Waals surface area contributed by atoms with Gasteiger partial charge in [-0.25, -0.2) is 18.9 Å². The second-order valence-electron chi connectivity index (χ2n) is 11.1. The number of amidine groups is 1. The number of alkyl halides is 2. The lowest BCUT2D eigenvalue weighted by Gasteiger charge is -2.37. The van der Waals surface area contributed by atoms with Gasteiger partial charge in [-0.05, 0) is 43.9 Å². The molecule has 0 spiro atoms. The standard InChI is InChI=1S/C28H27ClF3N7O2S/c29-20-9-14(30)1-4-19(20)24-23(21-5-7-38(36-21)27(31)32)22-10-15(13-37(22)25(35-24)26-33-6-8-42-26)34-28(41)39-16-2-3-17(39)12-18(40)11-16/h1,4-9,15-18,24,27,40H,2-3,10-13H2,(H,34,41)/t15-,16-,17?,18+,24-/m0/s1. The largest absolute Gasteiger partial charge is 0.393 e. The molecule has 2 bridgehead atoms. The smallest absolute Gasteiger partial charge is 0.333 e. The number of nitrogens with zero attached hydrogens (tertiary/aromatic N) is 6. The van der Waals surface area contributed by atoms with E-state index in [-0.39, 0.29) is 41.0 Å². The van der Waals surface area contributed by atoms with Crippen molar-refractivity contribution in [2.45, 2.75) is 68.9 Å². The summed E-state index contributed by atoms with van der Waals surface area (Å²) in [6.45, 7) is -2.45. The summed E-state index contributed by atoms with van der Waals surface area (Å²) < 4.78 is 41.8. The molecule has 3 saturated heterocycles. The number of carbonyl (C=O) groups excluding carboxylic acids is 1. The van der Waals surface area contributed by atoms with Crippen LogP contribution in [-0.4, -0.2) is 72.3 Å². The molecule has 0 aliphatic carbocycles. The van der Waals surface area contributed by atoms with Crippen molar-refractivity contribution in [1.29, 1.82) is 0 Å². The summed E-state index contributed by atoms with van der Waals surface area (Å²) in [5, 5.41) is 20.2. The van der Waals surface area contributed by atoms with E-state index in [2.05, 4.69) is 15.4 Å². The Bertz CT molecular complexity index is 1560. The third-order valence-electron chi connectivity index (χ3n) is 8.50. The highest BCUT2D eigenvalue weighted by molar-refractivity contribution is 7.11. The summed E-state index contributed by atoms with van der Waals surface area (Å²) in [7, 11) is 0. The minimum absolute atomic E-state index is 0.00765. The molecule has 0 saturated carbocycles. The van der Waals surface area contributed by atoms with Crippen LogP contribution in [0.1, 0.15) is 61.0 Å². The fourth-order valence-corrected chi connectivity index (χ4v) is 7.69. The molecule has 2 amide bonds. The first-order chi connectivity index (χ1) is 20.3. The number of urea groups is 1. The molecular formula is C28H27ClF3N7O2S. The van der Waals surface area contributed by atoms with Gasteiger partial charge < -0.3 is 20.2 Å². The van der Waals surface area contributed by atoms with Crippen molar-refractivity contribution in [3.05, 3.63) is 74.8 Å². The van der Waals surface area contributed by atoms with Crippen molar-refractivity contribution in [3.8, 4) is 0 Å². The number of benzene rings is 1. The lowest BCUT2D eigenvalue weighted by atomic mass is 9.92. The summed E-state index contributed by atoms with van der Waals surface area (Å²) in [5.74, 6) is 0.0460. The monoisotopic (exact) mass is 617 g/mol. The Hall–Kier alpha value is -3.42. The van der Waals surface area contributed by atoms with Crippen LogP contribution in [0.2, 0.25) is 5.02 Å². The fraction of sp³-hybridized carbons (Fsp3) is 0.429. The Morgan fingerprint density at radius 3 is 2.64 bits per heavy atom. The molecule has 9 nitrogen and oxygen atoms in total. The number of aliphatic imine (C=N–C) groups is 1. The highest BCUT2D eigenvalue weighted by atomic mass is 35.5. The molecule has 1 unspecified atom stereocenters. The number of aliphatic hydroxyl groups is 1. The van der Waals surface area contributed by atoms with Gasteiger partial charge in [-0.3, -0.25) is 4.99 Å². The molecule has 2 aromatic heterocycles. The third-order valence-corrected chi connectivity index (χ3v) is 9.59. The van der Waals surface area contributed by atoms with E-state index < -0.39 is 18.4 Å². The second-order valence-corrected chi connectivity index (χ2v) is 12.4. The number of thiazole rings is 1. The number of hydrogen-bond acceptors (Lipinski definition) is 7. The molecule has 2 N–H and O–H groups in total. The first kappa shape index (κ1) is 27.4. The number of hydrogen-bond donors (Lipinski definition) is 2. The highest BCUT2D eigenvalue weighted by Gasteiger charge is 2.45. The predicted molar refractivity (Wildman–Crippen MR) is 151 cm³/mol. The summed E-state index contributed by atoms with van der Waals surface area (Å²) >= 11 is 7.93. The molecule has 42 heavy (non-hydrogen) atoms. The van der Waals surface area contributed by atoms with E-state index in [1.54, 1.807) is 12.3 Å². The molecular weight excluding hydrogens is 591 g/mol. The Balaban J connectivity index is 1.29. The Kier molecular flexibility index (Phi) is 6.98. The van der Waals surface area contributed by atoms with E-state index in [4.69, 9.17) is 16.6 Å². The van der Waals surface area contributed by atoms with E-state index in [0.717, 1.165) is 18.5 Å². The minimum atomic E-state index is -2.83. The van der Waals surface area contributed by atoms with E-state index >= 15 is 0 Å². The first-order valence-corrected chi connectivity index (χ1v) is 15.1. The summed E-state index contributed by atoms with van der Waals surface area (Å²) in [5.41, 5.74) is 2.10. The third kappa shape index (κ3) is 4.77. The predicted octanol–water partition coefficient (Wildman–Crippen LogP) is 5.21. The van der Waals surface area contributed by atoms with E-state index in [9.17, 15) is 23.1 Å². The van der Waals surface area contributed by atoms with Crippen LogP contribution in [-0.2, 0) is 0 Å². The molecule has 6 heterocycles. The molecule has 3 aromatic rings. The maximum atomic E-state index is 14.0. The maximum absolute atomic E-state index is 14.0. The number of aromatic nitrogens is 3. The molecule has 220 valence electrons. The number of halogens is 4. The number of piperidine rings is 1. The van der Waals surface area contributed by atoms with Gasteiger partial charge in [-0.1, -0.05) is 17.7 Å². The Morgan fingerprint density at radius 2 is 1.98 bits per heavy atom. The van der Waals surface area contributed by atoms with Crippen molar-refractivity contribution in [1.82, 2.24) is 29.9 Å². The van der Waals surface area contributed by atoms with E-state index in [1.807, 2.05) is 15.2 Å². The molecule has 3 fully saturated rings. The number of rotatable bonds is 5. The zero-order chi connectivity index (χ0) is 29.1. The van der Waals surface area contributed by atoms with Crippen LogP contribution in [0.25, 0.3) is 5.57 Å². The maximum Gasteiger partial charge on any atom is 0.333 e. The van der Waals surface area contributed by atoms with Gasteiger partial charge >= 0.3 is 12.6 Å². The molecule has 4 aliphatic rings. The van der Waals surface area contributed by atoms with Gasteiger partial charge in [0.2, 0.25) is 0 Å². The average molecular weight is 618 g/mol. The lowest BCUT2D eigenvalue weighted by molar-refractivity contribution is 0.0534. The van der Waals surface area contributed by atoms with Gasteiger partial charge in [0.05, 0.1) is 17.8 Å². The summed E-state index contributed by atoms with van der Waals surface area (Å²) in [6, 6.07) is 4.27. The molecule has 5 atom stereocenters. The van der Waals surface area contributed by atoms with Crippen LogP contribution >= 0.6 is 22.9 Å². The van der Waals surface area contributed by atoms with Crippen LogP contribution in [0, 0.1) is 5.82 Å². The van der Waals surface area contributed by atoms with Crippen molar-refractivity contribution in [2.75, 3.05) is 6.54 Å². The van der Waals surface area contributed by atoms with Crippen molar-refractivity contribution in [2.24, 2.45) is 4.99 Å². The van der Waals surface area contributed by atoms with Gasteiger partial charge in [-0.15, -0.1) is 11.3 Å². The molecule has 7 rings (SSSR count). The Morgan fingerprint density at radius 1 is 1.19 bits per heavy atom. The quantitative estimate of drug-likeness (QED) is 0.410. The normalized spacial score (nSPS) is 27.1. The minimum Gasteiger partial charge on any atom is -0.393 e. The second kappa shape index (κ2) is 10.7. The van der Waals surface area contributed by atoms with Crippen LogP contribution < -0.4 is 5.32 Å². The van der Waals surface area contributed by atoms with Crippen molar-refractivity contribution < 1.29 is 23.1 Å². The van der Waals surface area contributed by atoms with Gasteiger partial charge in [0.15, 0.2) is 10.8 Å². The number of aliphatic hydroxyl groups excluding tert-OH is 1. The number of nitrogens with one attached hydrogen (secondary N) is 1. The average Bonchev–Trinajstić information content (AvgIpc) is 3.74. The molecule has 14 heteroatoms. The number of fused-ring (bicyclic) bond motifs is 3. The summed E-state index contributed by atoms with van der Waals surface area (Å²) in [6.07, 6.45) is 5.75. The molecule has 0 radical (unpaired) electrons. The van der Waals surface area contributed by atoms with Crippen LogP contribution in [0.15, 0.2) is 52.7 Å². The highest BCUT2D eigenvalue weighted by Crippen LogP contribution is 2.46. The van der Waals surface area contributed by atoms with Gasteiger partial charge in [0.25, 0.3) is 0 Å². The lowest BCUT2D eigenvalue weighted by Crippen LogP contribution is -2.54. The first-order valence-electron chi connectivity index (χ1n) is 13.8. The van der Waals surface area contributed by atoms with E-state index in [1.165, 1.54) is 35.7 Å². The summed E-state index contributed by atoms with van der Waals surface area (Å²) in [4.78, 5) is 26.9. The Labute approximate surface area is 248 Å². The van der Waals surface area contributed by atoms with Crippen LogP contribution in [0.3, 0.4) is 0 Å². The van der Waals surface area contributed by atoms with Crippen molar-refractivity contribution >= 4 is 40.4 Å². The fourth-order valence-electron chi connectivity index (χ4n) is 6.78.